The quantitative estimate of drug-likeness (QED) is 0.492. The molecule has 1 fully saturated rings. The van der Waals surface area contributed by atoms with Gasteiger partial charge in [0.05, 0.1) is 5.70 Å². The number of hydrogen-bond acceptors (Lipinski definition) is 3. The monoisotopic (exact) mass is 138 g/mol. The van der Waals surface area contributed by atoms with Crippen molar-refractivity contribution in [1.82, 2.24) is 10.6 Å². The van der Waals surface area contributed by atoms with E-state index in [9.17, 15) is 0 Å². The first-order valence-corrected chi connectivity index (χ1v) is 3.47. The summed E-state index contributed by atoms with van der Waals surface area (Å²) in [6.07, 6.45) is 4.00. The Morgan fingerprint density at radius 2 is 2.50 bits per heavy atom. The Morgan fingerprint density at radius 3 is 3.40 bits per heavy atom. The van der Waals surface area contributed by atoms with Crippen LogP contribution in [-0.2, 0) is 4.74 Å². The van der Waals surface area contributed by atoms with Crippen LogP contribution in [0.3, 0.4) is 0 Å². The second kappa shape index (κ2) is 2.25. The number of rotatable bonds is 0. The number of fused-ring (bicyclic) bond motifs is 1. The van der Waals surface area contributed by atoms with Crippen molar-refractivity contribution in [3.8, 4) is 0 Å². The van der Waals surface area contributed by atoms with E-state index >= 15 is 0 Å². The van der Waals surface area contributed by atoms with Crippen molar-refractivity contribution < 1.29 is 4.74 Å². The van der Waals surface area contributed by atoms with E-state index in [1.165, 1.54) is 0 Å². The first-order valence-electron chi connectivity index (χ1n) is 3.47. The Morgan fingerprint density at radius 1 is 1.50 bits per heavy atom. The molecule has 3 nitrogen and oxygen atoms in total. The molecule has 1 saturated heterocycles. The molecule has 0 unspecified atom stereocenters. The van der Waals surface area contributed by atoms with Gasteiger partial charge in [0.1, 0.15) is 12.4 Å². The maximum atomic E-state index is 5.37. The molecule has 0 atom stereocenters. The molecule has 0 aromatic carbocycles. The van der Waals surface area contributed by atoms with Gasteiger partial charge >= 0.3 is 0 Å². The van der Waals surface area contributed by atoms with Gasteiger partial charge in [-0.05, 0) is 6.08 Å². The molecule has 0 radical (unpaired) electrons. The first kappa shape index (κ1) is 5.65. The Hall–Kier alpha value is -1.12. The highest BCUT2D eigenvalue weighted by atomic mass is 16.5. The molecular formula is C7H10N2O. The van der Waals surface area contributed by atoms with Crippen LogP contribution in [0.5, 0.6) is 0 Å². The number of dihydropyridines is 1. The van der Waals surface area contributed by atoms with E-state index in [1.54, 1.807) is 0 Å². The van der Waals surface area contributed by atoms with E-state index in [4.69, 9.17) is 4.74 Å². The Labute approximate surface area is 59.8 Å². The maximum absolute atomic E-state index is 5.37. The highest BCUT2D eigenvalue weighted by molar-refractivity contribution is 5.28. The largest absolute Gasteiger partial charge is 0.490 e. The molecule has 3 heteroatoms. The summed E-state index contributed by atoms with van der Waals surface area (Å²) in [5.41, 5.74) is 1.08. The molecule has 0 aliphatic carbocycles. The molecule has 2 aliphatic rings. The minimum absolute atomic E-state index is 0.781. The number of nitrogens with one attached hydrogen (secondary N) is 2. The van der Waals surface area contributed by atoms with Crippen LogP contribution in [0, 0.1) is 0 Å². The topological polar surface area (TPSA) is 33.3 Å². The average Bonchev–Trinajstić information content (AvgIpc) is 2.05. The third-order valence-electron chi connectivity index (χ3n) is 1.59. The summed E-state index contributed by atoms with van der Waals surface area (Å²) in [6.45, 7) is 2.56. The smallest absolute Gasteiger partial charge is 0.141 e. The normalized spacial score (nSPS) is 22.4. The lowest BCUT2D eigenvalue weighted by molar-refractivity contribution is 0.194. The second-order valence-corrected chi connectivity index (χ2v) is 2.31. The summed E-state index contributed by atoms with van der Waals surface area (Å²) in [7, 11) is 0. The molecule has 0 saturated carbocycles. The molecule has 2 heterocycles. The van der Waals surface area contributed by atoms with Crippen LogP contribution in [-0.4, -0.2) is 19.7 Å². The van der Waals surface area contributed by atoms with Crippen molar-refractivity contribution in [2.24, 2.45) is 0 Å². The summed E-state index contributed by atoms with van der Waals surface area (Å²) in [5.74, 6) is 0.991. The molecule has 54 valence electrons. The van der Waals surface area contributed by atoms with Crippen LogP contribution in [0.2, 0.25) is 0 Å². The van der Waals surface area contributed by atoms with Crippen LogP contribution in [0.4, 0.5) is 0 Å². The van der Waals surface area contributed by atoms with Crippen LogP contribution < -0.4 is 10.6 Å². The van der Waals surface area contributed by atoms with Gasteiger partial charge in [0.15, 0.2) is 0 Å². The van der Waals surface area contributed by atoms with Gasteiger partial charge in [-0.3, -0.25) is 0 Å². The average molecular weight is 138 g/mol. The highest BCUT2D eigenvalue weighted by Crippen LogP contribution is 2.13. The van der Waals surface area contributed by atoms with E-state index < -0.39 is 0 Å². The number of hydrogen-bond donors (Lipinski definition) is 2. The molecule has 0 aromatic rings. The zero-order valence-electron chi connectivity index (χ0n) is 5.68. The van der Waals surface area contributed by atoms with Crippen LogP contribution in [0.15, 0.2) is 23.7 Å². The van der Waals surface area contributed by atoms with Crippen molar-refractivity contribution >= 4 is 0 Å². The van der Waals surface area contributed by atoms with Crippen molar-refractivity contribution in [3.05, 3.63) is 23.7 Å². The molecule has 0 amide bonds. The van der Waals surface area contributed by atoms with E-state index in [0.29, 0.717) is 0 Å². The van der Waals surface area contributed by atoms with Crippen LogP contribution in [0.1, 0.15) is 0 Å². The van der Waals surface area contributed by atoms with Gasteiger partial charge < -0.3 is 15.4 Å². The SMILES string of the molecule is C1=C2NCCOC2=CCN1. The van der Waals surface area contributed by atoms with Gasteiger partial charge in [-0.15, -0.1) is 0 Å². The minimum Gasteiger partial charge on any atom is -0.490 e. The van der Waals surface area contributed by atoms with Gasteiger partial charge in [-0.2, -0.15) is 0 Å². The van der Waals surface area contributed by atoms with Gasteiger partial charge in [0.25, 0.3) is 0 Å². The van der Waals surface area contributed by atoms with Crippen molar-refractivity contribution in [2.75, 3.05) is 19.7 Å². The van der Waals surface area contributed by atoms with E-state index in [-0.39, 0.29) is 0 Å². The molecule has 10 heavy (non-hydrogen) atoms. The maximum Gasteiger partial charge on any atom is 0.141 e. The lowest BCUT2D eigenvalue weighted by atomic mass is 10.2. The van der Waals surface area contributed by atoms with Gasteiger partial charge in [-0.25, -0.2) is 0 Å². The Bertz CT molecular complexity index is 174. The summed E-state index contributed by atoms with van der Waals surface area (Å²) in [4.78, 5) is 0. The molecule has 2 rings (SSSR count). The Kier molecular flexibility index (Phi) is 1.27. The van der Waals surface area contributed by atoms with Crippen molar-refractivity contribution in [1.29, 1.82) is 0 Å². The Balaban J connectivity index is 2.19. The molecular weight excluding hydrogens is 128 g/mol. The number of ether oxygens (including phenoxy) is 1. The third-order valence-corrected chi connectivity index (χ3v) is 1.59. The molecule has 0 bridgehead atoms. The fourth-order valence-electron chi connectivity index (χ4n) is 1.12. The van der Waals surface area contributed by atoms with E-state index in [1.807, 2.05) is 12.3 Å². The van der Waals surface area contributed by atoms with Gasteiger partial charge in [0.2, 0.25) is 0 Å². The zero-order chi connectivity index (χ0) is 6.81. The van der Waals surface area contributed by atoms with Crippen molar-refractivity contribution in [2.45, 2.75) is 0 Å². The van der Waals surface area contributed by atoms with E-state index in [2.05, 4.69) is 10.6 Å². The third kappa shape index (κ3) is 0.835. The fourth-order valence-corrected chi connectivity index (χ4v) is 1.12. The summed E-state index contributed by atoms with van der Waals surface area (Å²) in [6, 6.07) is 0. The standard InChI is InChI=1S/C7H10N2O/c1-2-8-5-6-7(1)10-4-3-9-6/h1,5,8-9H,2-4H2. The molecule has 2 N–H and O–H groups in total. The lowest BCUT2D eigenvalue weighted by Crippen LogP contribution is -2.31. The first-order chi connectivity index (χ1) is 4.97. The zero-order valence-corrected chi connectivity index (χ0v) is 5.68. The molecule has 2 aliphatic heterocycles. The predicted octanol–water partition coefficient (Wildman–Crippen LogP) is -0.0653. The van der Waals surface area contributed by atoms with Crippen molar-refractivity contribution in [3.63, 3.8) is 0 Å². The van der Waals surface area contributed by atoms with E-state index in [0.717, 1.165) is 31.2 Å². The van der Waals surface area contributed by atoms with Gasteiger partial charge in [0, 0.05) is 19.3 Å². The number of morpholine rings is 1. The summed E-state index contributed by atoms with van der Waals surface area (Å²) < 4.78 is 5.37. The summed E-state index contributed by atoms with van der Waals surface area (Å²) in [5, 5.41) is 6.33. The predicted molar refractivity (Wildman–Crippen MR) is 38.1 cm³/mol. The molecule has 0 aromatic heterocycles. The molecule has 0 spiro atoms. The van der Waals surface area contributed by atoms with Crippen LogP contribution >= 0.6 is 0 Å². The lowest BCUT2D eigenvalue weighted by Gasteiger charge is -2.23. The van der Waals surface area contributed by atoms with Crippen LogP contribution in [0.25, 0.3) is 0 Å². The fraction of sp³-hybridized carbons (Fsp3) is 0.429. The van der Waals surface area contributed by atoms with Gasteiger partial charge in [-0.1, -0.05) is 0 Å². The highest BCUT2D eigenvalue weighted by Gasteiger charge is 2.13. The summed E-state index contributed by atoms with van der Waals surface area (Å²) >= 11 is 0. The second-order valence-electron chi connectivity index (χ2n) is 2.31. The minimum atomic E-state index is 0.781.